The first-order valence-electron chi connectivity index (χ1n) is 3.70. The van der Waals surface area contributed by atoms with E-state index in [4.69, 9.17) is 15.1 Å². The van der Waals surface area contributed by atoms with E-state index < -0.39 is 6.10 Å². The Hall–Kier alpha value is -0.200. The second-order valence-corrected chi connectivity index (χ2v) is 2.62. The van der Waals surface area contributed by atoms with E-state index in [9.17, 15) is 0 Å². The molecule has 0 aromatic rings. The summed E-state index contributed by atoms with van der Waals surface area (Å²) < 4.78 is 0. The fraction of sp³-hybridized carbons (Fsp3) is 1.00. The minimum atomic E-state index is -0.782. The minimum Gasteiger partial charge on any atom is -0.394 e. The van der Waals surface area contributed by atoms with Crippen LogP contribution in [0.4, 0.5) is 0 Å². The summed E-state index contributed by atoms with van der Waals surface area (Å²) in [5.41, 5.74) is 2.75. The zero-order valence-corrected chi connectivity index (χ0v) is 6.29. The van der Waals surface area contributed by atoms with Gasteiger partial charge in [-0.15, -0.1) is 0 Å². The molecule has 11 heavy (non-hydrogen) atoms. The summed E-state index contributed by atoms with van der Waals surface area (Å²) in [6.07, 6.45) is -0.782. The van der Waals surface area contributed by atoms with Gasteiger partial charge >= 0.3 is 0 Å². The van der Waals surface area contributed by atoms with E-state index in [0.717, 1.165) is 13.1 Å². The predicted molar refractivity (Wildman–Crippen MR) is 38.8 cm³/mol. The molecule has 1 heterocycles. The van der Waals surface area contributed by atoms with E-state index in [1.165, 1.54) is 0 Å². The number of aliphatic hydroxyl groups is 2. The highest BCUT2D eigenvalue weighted by Gasteiger charge is 2.16. The van der Waals surface area contributed by atoms with E-state index in [2.05, 4.69) is 10.8 Å². The summed E-state index contributed by atoms with van der Waals surface area (Å²) in [7, 11) is 0. The molecule has 1 aliphatic rings. The summed E-state index contributed by atoms with van der Waals surface area (Å²) in [5, 5.41) is 20.3. The Bertz CT molecular complexity index is 103. The van der Waals surface area contributed by atoms with Crippen LogP contribution in [-0.4, -0.2) is 48.7 Å². The van der Waals surface area contributed by atoms with Crippen LogP contribution in [0.5, 0.6) is 0 Å². The lowest BCUT2D eigenvalue weighted by Crippen LogP contribution is -2.55. The number of hydrogen-bond acceptors (Lipinski definition) is 5. The van der Waals surface area contributed by atoms with Crippen molar-refractivity contribution in [3.8, 4) is 0 Å². The van der Waals surface area contributed by atoms with Crippen molar-refractivity contribution < 1.29 is 15.1 Å². The lowest BCUT2D eigenvalue weighted by molar-refractivity contribution is -0.0557. The van der Waals surface area contributed by atoms with Crippen LogP contribution < -0.4 is 10.8 Å². The van der Waals surface area contributed by atoms with Crippen molar-refractivity contribution in [3.05, 3.63) is 0 Å². The Morgan fingerprint density at radius 1 is 1.64 bits per heavy atom. The van der Waals surface area contributed by atoms with Gasteiger partial charge in [-0.2, -0.15) is 5.48 Å². The number of hydrogen-bond donors (Lipinski definition) is 4. The third-order valence-electron chi connectivity index (χ3n) is 1.52. The molecule has 0 bridgehead atoms. The van der Waals surface area contributed by atoms with E-state index in [0.29, 0.717) is 6.04 Å². The number of nitrogens with one attached hydrogen (secondary N) is 2. The summed E-state index contributed by atoms with van der Waals surface area (Å²) in [6.45, 7) is 1.67. The molecule has 1 saturated heterocycles. The quantitative estimate of drug-likeness (QED) is 0.346. The third kappa shape index (κ3) is 3.13. The van der Waals surface area contributed by atoms with Crippen LogP contribution in [0.2, 0.25) is 0 Å². The normalized spacial score (nSPS) is 21.3. The molecule has 0 amide bonds. The highest BCUT2D eigenvalue weighted by Crippen LogP contribution is 1.90. The summed E-state index contributed by atoms with van der Waals surface area (Å²) in [4.78, 5) is 4.89. The third-order valence-corrected chi connectivity index (χ3v) is 1.52. The van der Waals surface area contributed by atoms with Gasteiger partial charge in [-0.3, -0.25) is 4.84 Å². The molecular formula is C6H14N2O3. The molecule has 4 N–H and O–H groups in total. The lowest BCUT2D eigenvalue weighted by Gasteiger charge is -2.27. The maximum atomic E-state index is 8.83. The molecule has 0 aromatic carbocycles. The fourth-order valence-corrected chi connectivity index (χ4v) is 0.687. The lowest BCUT2D eigenvalue weighted by atomic mass is 10.2. The first kappa shape index (κ1) is 8.89. The van der Waals surface area contributed by atoms with Gasteiger partial charge < -0.3 is 15.5 Å². The van der Waals surface area contributed by atoms with Gasteiger partial charge in [-0.25, -0.2) is 0 Å². The van der Waals surface area contributed by atoms with Gasteiger partial charge in [-0.1, -0.05) is 0 Å². The predicted octanol–water partition coefficient (Wildman–Crippen LogP) is -2.17. The highest BCUT2D eigenvalue weighted by molar-refractivity contribution is 4.78. The molecule has 0 saturated carbocycles. The van der Waals surface area contributed by atoms with E-state index >= 15 is 0 Å². The van der Waals surface area contributed by atoms with Gasteiger partial charge in [0, 0.05) is 13.1 Å². The SMILES string of the molecule is OC[C@@H](O)CONC1CNC1. The van der Waals surface area contributed by atoms with E-state index in [-0.39, 0.29) is 13.2 Å². The molecule has 5 nitrogen and oxygen atoms in total. The van der Waals surface area contributed by atoms with Crippen LogP contribution in [0.15, 0.2) is 0 Å². The van der Waals surface area contributed by atoms with E-state index in [1.54, 1.807) is 0 Å². The molecule has 0 unspecified atom stereocenters. The van der Waals surface area contributed by atoms with Crippen molar-refractivity contribution in [2.75, 3.05) is 26.3 Å². The van der Waals surface area contributed by atoms with Crippen molar-refractivity contribution in [1.29, 1.82) is 0 Å². The van der Waals surface area contributed by atoms with Crippen LogP contribution in [0.1, 0.15) is 0 Å². The minimum absolute atomic E-state index is 0.132. The van der Waals surface area contributed by atoms with Crippen molar-refractivity contribution in [3.63, 3.8) is 0 Å². The Kier molecular flexibility index (Phi) is 3.74. The zero-order chi connectivity index (χ0) is 8.10. The van der Waals surface area contributed by atoms with Gasteiger partial charge in [0.05, 0.1) is 19.3 Å². The Morgan fingerprint density at radius 2 is 2.36 bits per heavy atom. The van der Waals surface area contributed by atoms with Crippen molar-refractivity contribution in [2.45, 2.75) is 12.1 Å². The fourth-order valence-electron chi connectivity index (χ4n) is 0.687. The molecule has 1 aliphatic heterocycles. The Balaban J connectivity index is 1.86. The Morgan fingerprint density at radius 3 is 2.82 bits per heavy atom. The van der Waals surface area contributed by atoms with Crippen LogP contribution >= 0.6 is 0 Å². The molecule has 0 aliphatic carbocycles. The monoisotopic (exact) mass is 162 g/mol. The first-order chi connectivity index (χ1) is 5.33. The van der Waals surface area contributed by atoms with Gasteiger partial charge in [0.1, 0.15) is 6.10 Å². The van der Waals surface area contributed by atoms with Crippen LogP contribution in [0, 0.1) is 0 Å². The summed E-state index contributed by atoms with van der Waals surface area (Å²) in [6, 6.07) is 0.348. The number of rotatable bonds is 5. The maximum absolute atomic E-state index is 8.83. The van der Waals surface area contributed by atoms with Crippen molar-refractivity contribution in [2.24, 2.45) is 0 Å². The van der Waals surface area contributed by atoms with Gasteiger partial charge in [0.15, 0.2) is 0 Å². The summed E-state index contributed by atoms with van der Waals surface area (Å²) >= 11 is 0. The van der Waals surface area contributed by atoms with Crippen LogP contribution in [-0.2, 0) is 4.84 Å². The van der Waals surface area contributed by atoms with Crippen LogP contribution in [0.25, 0.3) is 0 Å². The molecule has 1 atom stereocenters. The van der Waals surface area contributed by atoms with Gasteiger partial charge in [0.25, 0.3) is 0 Å². The van der Waals surface area contributed by atoms with Gasteiger partial charge in [0.2, 0.25) is 0 Å². The van der Waals surface area contributed by atoms with Crippen molar-refractivity contribution in [1.82, 2.24) is 10.8 Å². The number of hydroxylamine groups is 1. The summed E-state index contributed by atoms with van der Waals surface area (Å²) in [5.74, 6) is 0. The molecule has 0 radical (unpaired) electrons. The van der Waals surface area contributed by atoms with Crippen molar-refractivity contribution >= 4 is 0 Å². The average molecular weight is 162 g/mol. The maximum Gasteiger partial charge on any atom is 0.102 e. The van der Waals surface area contributed by atoms with Gasteiger partial charge in [-0.05, 0) is 0 Å². The second-order valence-electron chi connectivity index (χ2n) is 2.62. The molecule has 66 valence electrons. The molecule has 0 spiro atoms. The largest absolute Gasteiger partial charge is 0.394 e. The topological polar surface area (TPSA) is 73.8 Å². The second kappa shape index (κ2) is 4.63. The molecule has 1 rings (SSSR count). The van der Waals surface area contributed by atoms with Crippen LogP contribution in [0.3, 0.4) is 0 Å². The standard InChI is InChI=1S/C6H14N2O3/c9-3-6(10)4-11-8-5-1-7-2-5/h5-10H,1-4H2/t6-/m1/s1. The molecular weight excluding hydrogens is 148 g/mol. The Labute approximate surface area is 65.3 Å². The van der Waals surface area contributed by atoms with E-state index in [1.807, 2.05) is 0 Å². The molecule has 5 heteroatoms. The molecule has 0 aromatic heterocycles. The molecule has 1 fully saturated rings. The zero-order valence-electron chi connectivity index (χ0n) is 6.29. The highest BCUT2D eigenvalue weighted by atomic mass is 16.7. The smallest absolute Gasteiger partial charge is 0.102 e. The average Bonchev–Trinajstić information content (AvgIpc) is 1.94. The first-order valence-corrected chi connectivity index (χ1v) is 3.70. The number of aliphatic hydroxyl groups excluding tert-OH is 2.